The largest absolute Gasteiger partial charge is 0.450 e. The van der Waals surface area contributed by atoms with E-state index in [-0.39, 0.29) is 12.6 Å². The van der Waals surface area contributed by atoms with E-state index in [4.69, 9.17) is 4.74 Å². The summed E-state index contributed by atoms with van der Waals surface area (Å²) < 4.78 is 33.2. The fraction of sp³-hybridized carbons (Fsp3) is 0.632. The molecule has 0 bridgehead atoms. The Morgan fingerprint density at radius 1 is 1.08 bits per heavy atom. The first-order valence-corrected chi connectivity index (χ1v) is 10.6. The standard InChI is InChI=1S/C19H30N2O4S/c1-7-25-19(22)20-17-9-8-10-21(11-17)26(23,24)18-15(5)13(3)12(2)14(4)16(18)6/h17H,7-11H2,1-6H3,(H,20,22)/t17-/m1/s1. The van der Waals surface area contributed by atoms with Crippen molar-refractivity contribution in [3.63, 3.8) is 0 Å². The Balaban J connectivity index is 2.35. The van der Waals surface area contributed by atoms with Gasteiger partial charge < -0.3 is 10.1 Å². The summed E-state index contributed by atoms with van der Waals surface area (Å²) in [5.41, 5.74) is 4.80. The van der Waals surface area contributed by atoms with Crippen LogP contribution in [0.1, 0.15) is 47.6 Å². The number of alkyl carbamates (subject to hydrolysis) is 1. The lowest BCUT2D eigenvalue weighted by molar-refractivity contribution is 0.142. The molecule has 0 aromatic heterocycles. The second-order valence-corrected chi connectivity index (χ2v) is 8.90. The fourth-order valence-corrected chi connectivity index (χ4v) is 5.68. The van der Waals surface area contributed by atoms with Gasteiger partial charge in [0.2, 0.25) is 10.0 Å². The van der Waals surface area contributed by atoms with Gasteiger partial charge in [-0.1, -0.05) is 0 Å². The zero-order valence-electron chi connectivity index (χ0n) is 16.6. The number of hydrogen-bond donors (Lipinski definition) is 1. The summed E-state index contributed by atoms with van der Waals surface area (Å²) in [6, 6.07) is -0.231. The first kappa shape index (κ1) is 20.7. The highest BCUT2D eigenvalue weighted by Crippen LogP contribution is 2.32. The lowest BCUT2D eigenvalue weighted by Gasteiger charge is -2.33. The topological polar surface area (TPSA) is 75.7 Å². The molecule has 0 aliphatic carbocycles. The second kappa shape index (κ2) is 7.96. The van der Waals surface area contributed by atoms with Crippen LogP contribution in [0.4, 0.5) is 4.79 Å². The maximum absolute atomic E-state index is 13.4. The van der Waals surface area contributed by atoms with Crippen molar-refractivity contribution in [1.82, 2.24) is 9.62 Å². The van der Waals surface area contributed by atoms with E-state index >= 15 is 0 Å². The van der Waals surface area contributed by atoms with Crippen molar-refractivity contribution >= 4 is 16.1 Å². The van der Waals surface area contributed by atoms with Gasteiger partial charge in [0, 0.05) is 19.1 Å². The van der Waals surface area contributed by atoms with Crippen LogP contribution in [0.3, 0.4) is 0 Å². The molecule has 1 fully saturated rings. The zero-order valence-corrected chi connectivity index (χ0v) is 17.4. The molecule has 0 spiro atoms. The van der Waals surface area contributed by atoms with Gasteiger partial charge in [-0.3, -0.25) is 0 Å². The van der Waals surface area contributed by atoms with E-state index in [9.17, 15) is 13.2 Å². The molecule has 1 atom stereocenters. The molecular weight excluding hydrogens is 352 g/mol. The third-order valence-corrected chi connectivity index (χ3v) is 7.65. The molecule has 1 aliphatic rings. The minimum absolute atomic E-state index is 0.231. The molecule has 1 saturated heterocycles. The highest BCUT2D eigenvalue weighted by atomic mass is 32.2. The number of piperidine rings is 1. The van der Waals surface area contributed by atoms with Crippen LogP contribution in [0.5, 0.6) is 0 Å². The van der Waals surface area contributed by atoms with Crippen LogP contribution in [0.2, 0.25) is 0 Å². The molecule has 0 radical (unpaired) electrons. The molecule has 1 aliphatic heterocycles. The maximum Gasteiger partial charge on any atom is 0.407 e. The third-order valence-electron chi connectivity index (χ3n) is 5.51. The molecule has 0 saturated carbocycles. The van der Waals surface area contributed by atoms with Crippen molar-refractivity contribution in [3.8, 4) is 0 Å². The molecule has 1 amide bonds. The molecule has 146 valence electrons. The summed E-state index contributed by atoms with van der Waals surface area (Å²) in [5.74, 6) is 0. The van der Waals surface area contributed by atoms with Crippen molar-refractivity contribution in [3.05, 3.63) is 27.8 Å². The van der Waals surface area contributed by atoms with Crippen LogP contribution in [-0.2, 0) is 14.8 Å². The van der Waals surface area contributed by atoms with Gasteiger partial charge in [0.05, 0.1) is 11.5 Å². The summed E-state index contributed by atoms with van der Waals surface area (Å²) >= 11 is 0. The Morgan fingerprint density at radius 3 is 2.15 bits per heavy atom. The molecule has 6 nitrogen and oxygen atoms in total. The minimum Gasteiger partial charge on any atom is -0.450 e. The van der Waals surface area contributed by atoms with E-state index < -0.39 is 16.1 Å². The number of benzene rings is 1. The van der Waals surface area contributed by atoms with E-state index in [2.05, 4.69) is 5.32 Å². The number of hydrogen-bond acceptors (Lipinski definition) is 4. The van der Waals surface area contributed by atoms with Crippen LogP contribution < -0.4 is 5.32 Å². The van der Waals surface area contributed by atoms with Gasteiger partial charge in [0.25, 0.3) is 0 Å². The van der Waals surface area contributed by atoms with Crippen LogP contribution in [-0.4, -0.2) is 44.6 Å². The highest BCUT2D eigenvalue weighted by molar-refractivity contribution is 7.89. The quantitative estimate of drug-likeness (QED) is 0.868. The highest BCUT2D eigenvalue weighted by Gasteiger charge is 2.34. The molecule has 0 unspecified atom stereocenters. The minimum atomic E-state index is -3.62. The van der Waals surface area contributed by atoms with Crippen LogP contribution in [0, 0.1) is 34.6 Å². The van der Waals surface area contributed by atoms with Crippen molar-refractivity contribution in [1.29, 1.82) is 0 Å². The molecule has 1 heterocycles. The van der Waals surface area contributed by atoms with Gasteiger partial charge in [-0.05, 0) is 82.2 Å². The first-order valence-electron chi connectivity index (χ1n) is 9.11. The normalized spacial score (nSPS) is 18.6. The molecule has 1 N–H and O–H groups in total. The molecular formula is C19H30N2O4S. The number of carbonyl (C=O) groups excluding carboxylic acids is 1. The lowest BCUT2D eigenvalue weighted by Crippen LogP contribution is -2.49. The predicted octanol–water partition coefficient (Wildman–Crippen LogP) is 3.13. The number of sulfonamides is 1. The van der Waals surface area contributed by atoms with Gasteiger partial charge in [0.1, 0.15) is 0 Å². The number of amides is 1. The van der Waals surface area contributed by atoms with Crippen molar-refractivity contribution in [2.45, 2.75) is 65.3 Å². The SMILES string of the molecule is CCOC(=O)N[C@@H]1CCCN(S(=O)(=O)c2c(C)c(C)c(C)c(C)c2C)C1. The summed E-state index contributed by atoms with van der Waals surface area (Å²) in [7, 11) is -3.62. The van der Waals surface area contributed by atoms with Crippen molar-refractivity contribution in [2.75, 3.05) is 19.7 Å². The van der Waals surface area contributed by atoms with E-state index in [1.165, 1.54) is 4.31 Å². The second-order valence-electron chi connectivity index (χ2n) is 7.02. The summed E-state index contributed by atoms with van der Waals surface area (Å²) in [6.07, 6.45) is 0.957. The van der Waals surface area contributed by atoms with Crippen LogP contribution in [0.25, 0.3) is 0 Å². The van der Waals surface area contributed by atoms with Gasteiger partial charge in [-0.25, -0.2) is 13.2 Å². The van der Waals surface area contributed by atoms with Crippen LogP contribution in [0.15, 0.2) is 4.90 Å². The first-order chi connectivity index (χ1) is 12.1. The van der Waals surface area contributed by atoms with E-state index in [1.807, 2.05) is 34.6 Å². The Labute approximate surface area is 157 Å². The number of nitrogens with one attached hydrogen (secondary N) is 1. The van der Waals surface area contributed by atoms with Gasteiger partial charge in [-0.2, -0.15) is 4.31 Å². The number of ether oxygens (including phenoxy) is 1. The number of nitrogens with zero attached hydrogens (tertiary/aromatic N) is 1. The van der Waals surface area contributed by atoms with Gasteiger partial charge >= 0.3 is 6.09 Å². The van der Waals surface area contributed by atoms with Crippen molar-refractivity contribution in [2.24, 2.45) is 0 Å². The monoisotopic (exact) mass is 382 g/mol. The van der Waals surface area contributed by atoms with Crippen LogP contribution >= 0.6 is 0 Å². The maximum atomic E-state index is 13.4. The van der Waals surface area contributed by atoms with Gasteiger partial charge in [-0.15, -0.1) is 0 Å². The Morgan fingerprint density at radius 2 is 1.62 bits per heavy atom. The Bertz CT molecular complexity index is 773. The smallest absolute Gasteiger partial charge is 0.407 e. The van der Waals surface area contributed by atoms with E-state index in [0.717, 1.165) is 34.2 Å². The number of carbonyl (C=O) groups is 1. The fourth-order valence-electron chi connectivity index (χ4n) is 3.60. The average Bonchev–Trinajstić information content (AvgIpc) is 2.58. The van der Waals surface area contributed by atoms with Gasteiger partial charge in [0.15, 0.2) is 0 Å². The van der Waals surface area contributed by atoms with E-state index in [1.54, 1.807) is 6.92 Å². The molecule has 1 aromatic carbocycles. The number of rotatable bonds is 4. The molecule has 1 aromatic rings. The summed E-state index contributed by atoms with van der Waals surface area (Å²) in [6.45, 7) is 12.5. The summed E-state index contributed by atoms with van der Waals surface area (Å²) in [5, 5.41) is 2.77. The third kappa shape index (κ3) is 3.88. The molecule has 26 heavy (non-hydrogen) atoms. The summed E-state index contributed by atoms with van der Waals surface area (Å²) in [4.78, 5) is 12.1. The van der Waals surface area contributed by atoms with E-state index in [0.29, 0.717) is 24.5 Å². The average molecular weight is 383 g/mol. The van der Waals surface area contributed by atoms with Crippen molar-refractivity contribution < 1.29 is 17.9 Å². The Hall–Kier alpha value is -1.60. The molecule has 7 heteroatoms. The lowest BCUT2D eigenvalue weighted by atomic mass is 9.95. The predicted molar refractivity (Wildman–Crippen MR) is 102 cm³/mol. The Kier molecular flexibility index (Phi) is 6.34. The molecule has 2 rings (SSSR count). The zero-order chi connectivity index (χ0) is 19.6.